The smallest absolute Gasteiger partial charge is 0.408 e. The third-order valence-electron chi connectivity index (χ3n) is 7.81. The van der Waals surface area contributed by atoms with Gasteiger partial charge in [-0.05, 0) is 83.8 Å². The summed E-state index contributed by atoms with van der Waals surface area (Å²) in [6.45, 7) is 6.66. The molecule has 2 heterocycles. The number of nitrogens with zero attached hydrogens (tertiary/aromatic N) is 1. The monoisotopic (exact) mass is 755 g/mol. The van der Waals surface area contributed by atoms with Crippen molar-refractivity contribution in [3.8, 4) is 0 Å². The summed E-state index contributed by atoms with van der Waals surface area (Å²) < 4.78 is 43.5. The van der Waals surface area contributed by atoms with E-state index in [-0.39, 0.29) is 39.5 Å². The van der Waals surface area contributed by atoms with Crippen LogP contribution >= 0.6 is 24.5 Å². The molecule has 3 amide bonds. The van der Waals surface area contributed by atoms with E-state index in [9.17, 15) is 27.6 Å². The first kappa shape index (κ1) is 37.0. The number of halogens is 1. The lowest BCUT2D eigenvalue weighted by molar-refractivity contribution is -0.152. The molecule has 0 aromatic heterocycles. The van der Waals surface area contributed by atoms with E-state index in [1.807, 2.05) is 6.08 Å². The van der Waals surface area contributed by atoms with Gasteiger partial charge in [-0.1, -0.05) is 48.3 Å². The van der Waals surface area contributed by atoms with Crippen molar-refractivity contribution >= 4 is 58.5 Å². The van der Waals surface area contributed by atoms with Gasteiger partial charge in [0.15, 0.2) is 5.54 Å². The molecule has 1 aromatic carbocycles. The molecule has 0 radical (unpaired) electrons. The lowest BCUT2D eigenvalue weighted by Gasteiger charge is -2.35. The minimum absolute atomic E-state index is 0.0353. The highest BCUT2D eigenvalue weighted by Crippen LogP contribution is 2.33. The molecule has 0 spiro atoms. The standard InChI is InChI=1S/C32H43BrN3O9PS/c1-5-43-29(39)32-16-9-11-21(19-32)10-7-6-8-17-46-27(34-30(40)44-31(2,3)4)28(38)36-20-23(18-25(36)26(37)35-32)45-47(41,42)24-14-12-22(33)13-15-24/h9-10,12-16,23,25,27,46H,5-8,11,17-20H2,1-4H3,(H,34,40)(H,35,37)/b21-10-/t23-,25-,27-,32+/m0/s1. The highest BCUT2D eigenvalue weighted by molar-refractivity contribution is 9.10. The van der Waals surface area contributed by atoms with E-state index < -0.39 is 63.1 Å². The molecule has 3 aliphatic rings. The number of fused-ring (bicyclic) bond motifs is 3. The number of esters is 1. The summed E-state index contributed by atoms with van der Waals surface area (Å²) in [6, 6.07) is 4.69. The molecule has 1 aromatic rings. The average molecular weight is 757 g/mol. The van der Waals surface area contributed by atoms with Gasteiger partial charge in [0.25, 0.3) is 10.1 Å². The third-order valence-corrected chi connectivity index (χ3v) is 11.2. The van der Waals surface area contributed by atoms with Crippen molar-refractivity contribution in [3.63, 3.8) is 0 Å². The Morgan fingerprint density at radius 3 is 2.57 bits per heavy atom. The number of alkyl carbamates (subject to hydrolysis) is 1. The molecule has 1 fully saturated rings. The molecule has 15 heteroatoms. The van der Waals surface area contributed by atoms with Crippen LogP contribution in [0.4, 0.5) is 4.79 Å². The lowest BCUT2D eigenvalue weighted by atomic mass is 9.83. The van der Waals surface area contributed by atoms with Crippen LogP contribution in [-0.2, 0) is 38.2 Å². The van der Waals surface area contributed by atoms with Gasteiger partial charge in [0.2, 0.25) is 11.8 Å². The average Bonchev–Trinajstić information content (AvgIpc) is 3.40. The van der Waals surface area contributed by atoms with Crippen LogP contribution < -0.4 is 10.6 Å². The number of carbonyl (C=O) groups excluding carboxylic acids is 4. The Morgan fingerprint density at radius 2 is 1.89 bits per heavy atom. The summed E-state index contributed by atoms with van der Waals surface area (Å²) in [4.78, 5) is 55.7. The molecule has 1 unspecified atom stereocenters. The zero-order chi connectivity index (χ0) is 34.4. The quantitative estimate of drug-likeness (QED) is 0.184. The predicted molar refractivity (Wildman–Crippen MR) is 180 cm³/mol. The molecule has 4 rings (SSSR count). The summed E-state index contributed by atoms with van der Waals surface area (Å²) >= 11 is 3.29. The molecule has 0 saturated carbocycles. The van der Waals surface area contributed by atoms with E-state index in [1.165, 1.54) is 17.0 Å². The second-order valence-electron chi connectivity index (χ2n) is 12.7. The number of rotatable bonds is 6. The molecule has 2 aliphatic heterocycles. The number of hydrogen-bond acceptors (Lipinski definition) is 9. The molecule has 47 heavy (non-hydrogen) atoms. The number of nitrogens with one attached hydrogen (secondary N) is 2. The van der Waals surface area contributed by atoms with Gasteiger partial charge in [-0.15, -0.1) is 0 Å². The zero-order valence-electron chi connectivity index (χ0n) is 27.0. The fourth-order valence-electron chi connectivity index (χ4n) is 5.70. The molecule has 1 saturated heterocycles. The van der Waals surface area contributed by atoms with E-state index >= 15 is 0 Å². The maximum atomic E-state index is 14.2. The Kier molecular flexibility index (Phi) is 12.3. The number of carbonyl (C=O) groups is 4. The summed E-state index contributed by atoms with van der Waals surface area (Å²) in [5.41, 5.74) is -1.35. The first-order valence-electron chi connectivity index (χ1n) is 15.7. The van der Waals surface area contributed by atoms with Crippen LogP contribution in [0.5, 0.6) is 0 Å². The maximum Gasteiger partial charge on any atom is 0.408 e. The Bertz CT molecular complexity index is 1510. The van der Waals surface area contributed by atoms with Gasteiger partial charge in [0.1, 0.15) is 17.4 Å². The molecule has 258 valence electrons. The largest absolute Gasteiger partial charge is 0.464 e. The van der Waals surface area contributed by atoms with Gasteiger partial charge in [-0.25, -0.2) is 9.59 Å². The topological polar surface area (TPSA) is 157 Å². The predicted octanol–water partition coefficient (Wildman–Crippen LogP) is 4.53. The molecule has 5 atom stereocenters. The van der Waals surface area contributed by atoms with E-state index in [0.717, 1.165) is 24.8 Å². The van der Waals surface area contributed by atoms with Crippen LogP contribution in [0.25, 0.3) is 0 Å². The zero-order valence-corrected chi connectivity index (χ0v) is 30.4. The maximum absolute atomic E-state index is 14.2. The molecule has 2 bridgehead atoms. The van der Waals surface area contributed by atoms with Gasteiger partial charge < -0.3 is 25.0 Å². The van der Waals surface area contributed by atoms with Gasteiger partial charge >= 0.3 is 12.1 Å². The minimum Gasteiger partial charge on any atom is -0.464 e. The Labute approximate surface area is 286 Å². The number of benzene rings is 1. The van der Waals surface area contributed by atoms with E-state index in [4.69, 9.17) is 13.7 Å². The molecular formula is C32H43BrN3O9PS. The Morgan fingerprint density at radius 1 is 1.17 bits per heavy atom. The lowest BCUT2D eigenvalue weighted by Crippen LogP contribution is -2.60. The van der Waals surface area contributed by atoms with Gasteiger partial charge in [-0.3, -0.25) is 13.8 Å². The Hall–Kier alpha value is -2.80. The molecular weight excluding hydrogens is 713 g/mol. The Balaban J connectivity index is 1.70. The highest BCUT2D eigenvalue weighted by atomic mass is 79.9. The van der Waals surface area contributed by atoms with Crippen LogP contribution in [0.15, 0.2) is 57.4 Å². The van der Waals surface area contributed by atoms with Crippen molar-refractivity contribution in [1.29, 1.82) is 0 Å². The van der Waals surface area contributed by atoms with Crippen LogP contribution in [0, 0.1) is 0 Å². The molecule has 2 N–H and O–H groups in total. The summed E-state index contributed by atoms with van der Waals surface area (Å²) in [7, 11) is -4.30. The van der Waals surface area contributed by atoms with E-state index in [0.29, 0.717) is 17.1 Å². The molecule has 1 aliphatic carbocycles. The van der Waals surface area contributed by atoms with Crippen molar-refractivity contribution in [1.82, 2.24) is 15.5 Å². The van der Waals surface area contributed by atoms with Gasteiger partial charge in [0, 0.05) is 23.9 Å². The van der Waals surface area contributed by atoms with Crippen molar-refractivity contribution in [3.05, 3.63) is 52.5 Å². The van der Waals surface area contributed by atoms with Crippen LogP contribution in [0.3, 0.4) is 0 Å². The summed E-state index contributed by atoms with van der Waals surface area (Å²) in [6.07, 6.45) is 7.30. The van der Waals surface area contributed by atoms with E-state index in [1.54, 1.807) is 45.9 Å². The first-order valence-corrected chi connectivity index (χ1v) is 19.2. The highest BCUT2D eigenvalue weighted by Gasteiger charge is 2.48. The first-order chi connectivity index (χ1) is 22.1. The van der Waals surface area contributed by atoms with Crippen LogP contribution in [0.2, 0.25) is 0 Å². The van der Waals surface area contributed by atoms with Crippen LogP contribution in [-0.4, -0.2) is 85.6 Å². The van der Waals surface area contributed by atoms with Gasteiger partial charge in [-0.2, -0.15) is 8.42 Å². The fourth-order valence-corrected chi connectivity index (χ4v) is 8.35. The van der Waals surface area contributed by atoms with E-state index in [2.05, 4.69) is 32.6 Å². The summed E-state index contributed by atoms with van der Waals surface area (Å²) in [5, 5.41) is 5.55. The number of amides is 3. The van der Waals surface area contributed by atoms with Crippen molar-refractivity contribution in [2.24, 2.45) is 0 Å². The minimum atomic E-state index is -4.27. The second-order valence-corrected chi connectivity index (χ2v) is 16.7. The van der Waals surface area contributed by atoms with Gasteiger partial charge in [0.05, 0.1) is 17.6 Å². The van der Waals surface area contributed by atoms with Crippen LogP contribution in [0.1, 0.15) is 66.2 Å². The number of ether oxygens (including phenoxy) is 2. The number of hydrogen-bond donors (Lipinski definition) is 2. The van der Waals surface area contributed by atoms with Crippen molar-refractivity contribution in [2.75, 3.05) is 19.3 Å². The molecule has 12 nitrogen and oxygen atoms in total. The van der Waals surface area contributed by atoms with Crippen molar-refractivity contribution in [2.45, 2.75) is 100 Å². The SMILES string of the molecule is CCOC(=O)[C@]12C=CC/C(=C/CCCCP[C@H](NC(=O)OC(C)(C)C)C(=O)N3C[C@@H](OS(=O)(=O)c4ccc(Br)cc4)C[C@H]3C(=O)N1)C2. The van der Waals surface area contributed by atoms with Crippen molar-refractivity contribution < 1.29 is 41.3 Å². The third kappa shape index (κ3) is 9.87. The summed E-state index contributed by atoms with van der Waals surface area (Å²) in [5.74, 6) is -2.89. The second kappa shape index (κ2) is 15.6. The number of allylic oxidation sites excluding steroid dienone is 2. The normalized spacial score (nSPS) is 27.5. The fraction of sp³-hybridized carbons (Fsp3) is 0.562.